The van der Waals surface area contributed by atoms with E-state index in [0.29, 0.717) is 11.0 Å². The van der Waals surface area contributed by atoms with Crippen LogP contribution in [0.3, 0.4) is 0 Å². The van der Waals surface area contributed by atoms with Gasteiger partial charge in [-0.1, -0.05) is 30.3 Å². The van der Waals surface area contributed by atoms with Crippen LogP contribution in [0.4, 0.5) is 11.5 Å². The molecule has 7 nitrogen and oxygen atoms in total. The van der Waals surface area contributed by atoms with Crippen molar-refractivity contribution in [3.05, 3.63) is 78.4 Å². The van der Waals surface area contributed by atoms with Crippen LogP contribution in [-0.2, 0) is 0 Å². The Kier molecular flexibility index (Phi) is 5.52. The Bertz CT molecular complexity index is 1280. The number of nitrogens with zero attached hydrogens (tertiary/aromatic N) is 4. The Balaban J connectivity index is 1.48. The average Bonchev–Trinajstić information content (AvgIpc) is 2.88. The van der Waals surface area contributed by atoms with E-state index in [0.717, 1.165) is 54.7 Å². The lowest BCUT2D eigenvalue weighted by molar-refractivity contribution is 0.0697. The summed E-state index contributed by atoms with van der Waals surface area (Å²) in [7, 11) is 1.67. The Morgan fingerprint density at radius 3 is 2.21 bits per heavy atom. The minimum Gasteiger partial charge on any atom is -0.497 e. The van der Waals surface area contributed by atoms with Gasteiger partial charge in [-0.15, -0.1) is 0 Å². The van der Waals surface area contributed by atoms with Gasteiger partial charge in [0, 0.05) is 37.4 Å². The molecule has 3 aromatic carbocycles. The fourth-order valence-electron chi connectivity index (χ4n) is 4.16. The molecule has 0 aliphatic carbocycles. The summed E-state index contributed by atoms with van der Waals surface area (Å²) in [6.45, 7) is 3.25. The van der Waals surface area contributed by atoms with Crippen LogP contribution in [0.15, 0.2) is 72.8 Å². The van der Waals surface area contributed by atoms with Crippen LogP contribution in [0, 0.1) is 0 Å². The fourth-order valence-corrected chi connectivity index (χ4v) is 4.16. The van der Waals surface area contributed by atoms with Gasteiger partial charge < -0.3 is 19.6 Å². The molecule has 0 atom stereocenters. The quantitative estimate of drug-likeness (QED) is 0.495. The van der Waals surface area contributed by atoms with Crippen molar-refractivity contribution >= 4 is 28.5 Å². The van der Waals surface area contributed by atoms with Gasteiger partial charge in [0.05, 0.1) is 23.7 Å². The maximum Gasteiger partial charge on any atom is 0.335 e. The molecule has 0 amide bonds. The molecule has 1 aliphatic rings. The zero-order valence-corrected chi connectivity index (χ0v) is 18.3. The minimum atomic E-state index is -0.972. The molecule has 4 aromatic rings. The van der Waals surface area contributed by atoms with Crippen molar-refractivity contribution in [1.82, 2.24) is 9.97 Å². The van der Waals surface area contributed by atoms with Crippen molar-refractivity contribution in [1.29, 1.82) is 0 Å². The van der Waals surface area contributed by atoms with E-state index in [1.165, 1.54) is 0 Å². The molecule has 0 radical (unpaired) electrons. The number of aromatic nitrogens is 2. The highest BCUT2D eigenvalue weighted by Crippen LogP contribution is 2.31. The summed E-state index contributed by atoms with van der Waals surface area (Å²) in [6, 6.07) is 23.0. The molecule has 33 heavy (non-hydrogen) atoms. The summed E-state index contributed by atoms with van der Waals surface area (Å²) in [6.07, 6.45) is 0. The molecule has 2 heterocycles. The molecule has 166 valence electrons. The summed E-state index contributed by atoms with van der Waals surface area (Å²) in [5.41, 5.74) is 4.43. The molecule has 0 unspecified atom stereocenters. The predicted octanol–water partition coefficient (Wildman–Crippen LogP) is 4.33. The molecule has 0 saturated carbocycles. The number of methoxy groups -OCH3 is 1. The molecule has 1 saturated heterocycles. The number of fused-ring (bicyclic) bond motifs is 1. The largest absolute Gasteiger partial charge is 0.497 e. The maximum atomic E-state index is 11.5. The SMILES string of the molecule is COc1ccc(N2CCN(c3nc4cc(C(=O)O)ccc4nc3-c3ccccc3)CC2)cc1. The smallest absolute Gasteiger partial charge is 0.335 e. The number of carboxylic acid groups (broad SMARTS) is 1. The number of hydrogen-bond acceptors (Lipinski definition) is 6. The Labute approximate surface area is 191 Å². The van der Waals surface area contributed by atoms with E-state index in [4.69, 9.17) is 14.7 Å². The number of hydrogen-bond donors (Lipinski definition) is 1. The lowest BCUT2D eigenvalue weighted by Gasteiger charge is -2.37. The first kappa shape index (κ1) is 20.8. The van der Waals surface area contributed by atoms with Gasteiger partial charge in [-0.3, -0.25) is 0 Å². The van der Waals surface area contributed by atoms with Crippen LogP contribution in [0.5, 0.6) is 5.75 Å². The van der Waals surface area contributed by atoms with Gasteiger partial charge in [-0.25, -0.2) is 14.8 Å². The first-order valence-electron chi connectivity index (χ1n) is 10.9. The molecular weight excluding hydrogens is 416 g/mol. The highest BCUT2D eigenvalue weighted by atomic mass is 16.5. The van der Waals surface area contributed by atoms with E-state index in [-0.39, 0.29) is 5.56 Å². The lowest BCUT2D eigenvalue weighted by Crippen LogP contribution is -2.47. The zero-order chi connectivity index (χ0) is 22.8. The third-order valence-electron chi connectivity index (χ3n) is 5.96. The van der Waals surface area contributed by atoms with Crippen molar-refractivity contribution in [2.75, 3.05) is 43.1 Å². The third kappa shape index (κ3) is 4.17. The molecular formula is C26H24N4O3. The minimum absolute atomic E-state index is 0.208. The van der Waals surface area contributed by atoms with E-state index in [1.807, 2.05) is 42.5 Å². The molecule has 0 spiro atoms. The number of piperazine rings is 1. The summed E-state index contributed by atoms with van der Waals surface area (Å²) >= 11 is 0. The average molecular weight is 441 g/mol. The second kappa shape index (κ2) is 8.78. The standard InChI is InChI=1S/C26H24N4O3/c1-33-21-10-8-20(9-11-21)29-13-15-30(16-14-29)25-24(18-5-3-2-4-6-18)27-22-12-7-19(26(31)32)17-23(22)28-25/h2-12,17H,13-16H2,1H3,(H,31,32). The van der Waals surface area contributed by atoms with Gasteiger partial charge in [0.15, 0.2) is 5.82 Å². The highest BCUT2D eigenvalue weighted by molar-refractivity contribution is 5.93. The Morgan fingerprint density at radius 1 is 0.848 bits per heavy atom. The second-order valence-electron chi connectivity index (χ2n) is 7.94. The Morgan fingerprint density at radius 2 is 1.55 bits per heavy atom. The van der Waals surface area contributed by atoms with Crippen LogP contribution in [0.2, 0.25) is 0 Å². The van der Waals surface area contributed by atoms with E-state index in [9.17, 15) is 9.90 Å². The van der Waals surface area contributed by atoms with Crippen LogP contribution in [-0.4, -0.2) is 54.3 Å². The van der Waals surface area contributed by atoms with Gasteiger partial charge in [0.25, 0.3) is 0 Å². The number of carboxylic acids is 1. The van der Waals surface area contributed by atoms with Crippen LogP contribution in [0.25, 0.3) is 22.3 Å². The summed E-state index contributed by atoms with van der Waals surface area (Å²) in [5.74, 6) is 0.656. The van der Waals surface area contributed by atoms with Gasteiger partial charge in [-0.2, -0.15) is 0 Å². The monoisotopic (exact) mass is 440 g/mol. The lowest BCUT2D eigenvalue weighted by atomic mass is 10.1. The molecule has 5 rings (SSSR count). The predicted molar refractivity (Wildman–Crippen MR) is 129 cm³/mol. The Hall–Kier alpha value is -4.13. The van der Waals surface area contributed by atoms with Gasteiger partial charge >= 0.3 is 5.97 Å². The number of carbonyl (C=O) groups is 1. The van der Waals surface area contributed by atoms with Gasteiger partial charge in [0.1, 0.15) is 11.4 Å². The second-order valence-corrected chi connectivity index (χ2v) is 7.94. The van der Waals surface area contributed by atoms with E-state index >= 15 is 0 Å². The van der Waals surface area contributed by atoms with Crippen molar-refractivity contribution < 1.29 is 14.6 Å². The molecule has 1 fully saturated rings. The van der Waals surface area contributed by atoms with Crippen LogP contribution < -0.4 is 14.5 Å². The number of anilines is 2. The van der Waals surface area contributed by atoms with Crippen LogP contribution in [0.1, 0.15) is 10.4 Å². The fraction of sp³-hybridized carbons (Fsp3) is 0.192. The van der Waals surface area contributed by atoms with Crippen molar-refractivity contribution in [3.63, 3.8) is 0 Å². The molecule has 1 N–H and O–H groups in total. The van der Waals surface area contributed by atoms with Gasteiger partial charge in [0.2, 0.25) is 0 Å². The molecule has 0 bridgehead atoms. The molecule has 7 heteroatoms. The zero-order valence-electron chi connectivity index (χ0n) is 18.3. The number of benzene rings is 3. The van der Waals surface area contributed by atoms with E-state index in [1.54, 1.807) is 25.3 Å². The van der Waals surface area contributed by atoms with Crippen molar-refractivity contribution in [2.24, 2.45) is 0 Å². The normalized spacial score (nSPS) is 13.8. The third-order valence-corrected chi connectivity index (χ3v) is 5.96. The number of ether oxygens (including phenoxy) is 1. The highest BCUT2D eigenvalue weighted by Gasteiger charge is 2.23. The topological polar surface area (TPSA) is 78.8 Å². The number of aromatic carboxylic acids is 1. The van der Waals surface area contributed by atoms with E-state index < -0.39 is 5.97 Å². The van der Waals surface area contributed by atoms with Crippen molar-refractivity contribution in [2.45, 2.75) is 0 Å². The van der Waals surface area contributed by atoms with Crippen LogP contribution >= 0.6 is 0 Å². The van der Waals surface area contributed by atoms with Crippen molar-refractivity contribution in [3.8, 4) is 17.0 Å². The maximum absolute atomic E-state index is 11.5. The summed E-state index contributed by atoms with van der Waals surface area (Å²) in [5, 5.41) is 9.39. The number of rotatable bonds is 5. The summed E-state index contributed by atoms with van der Waals surface area (Å²) < 4.78 is 5.27. The van der Waals surface area contributed by atoms with E-state index in [2.05, 4.69) is 21.9 Å². The molecule has 1 aliphatic heterocycles. The van der Waals surface area contributed by atoms with Gasteiger partial charge in [-0.05, 0) is 42.5 Å². The summed E-state index contributed by atoms with van der Waals surface area (Å²) in [4.78, 5) is 25.8. The first-order chi connectivity index (χ1) is 16.1. The molecule has 1 aromatic heterocycles. The first-order valence-corrected chi connectivity index (χ1v) is 10.9.